The van der Waals surface area contributed by atoms with E-state index in [2.05, 4.69) is 5.32 Å². The number of benzene rings is 2. The second-order valence-electron chi connectivity index (χ2n) is 4.10. The number of rotatable bonds is 2. The van der Waals surface area contributed by atoms with E-state index in [0.29, 0.717) is 16.9 Å². The molecule has 4 nitrogen and oxygen atoms in total. The summed E-state index contributed by atoms with van der Waals surface area (Å²) in [6.07, 6.45) is 0. The maximum absolute atomic E-state index is 12.0. The van der Waals surface area contributed by atoms with Gasteiger partial charge in [0.25, 0.3) is 5.91 Å². The van der Waals surface area contributed by atoms with Gasteiger partial charge < -0.3 is 16.2 Å². The lowest BCUT2D eigenvalue weighted by atomic mass is 10.1. The summed E-state index contributed by atoms with van der Waals surface area (Å²) in [6, 6.07) is 11.7. The number of nitrogens with one attached hydrogen (secondary N) is 1. The van der Waals surface area contributed by atoms with Crippen LogP contribution in [0.1, 0.15) is 15.9 Å². The molecule has 92 valence electrons. The van der Waals surface area contributed by atoms with Gasteiger partial charge in [-0.05, 0) is 42.8 Å². The van der Waals surface area contributed by atoms with Crippen molar-refractivity contribution in [1.29, 1.82) is 0 Å². The van der Waals surface area contributed by atoms with Crippen molar-refractivity contribution in [2.45, 2.75) is 6.92 Å². The molecule has 0 fully saturated rings. The average Bonchev–Trinajstić information content (AvgIpc) is 2.34. The molecule has 0 saturated heterocycles. The molecule has 1 amide bonds. The van der Waals surface area contributed by atoms with Crippen LogP contribution in [0.15, 0.2) is 42.5 Å². The molecular weight excluding hydrogens is 228 g/mol. The van der Waals surface area contributed by atoms with E-state index < -0.39 is 0 Å². The highest BCUT2D eigenvalue weighted by Gasteiger charge is 2.09. The number of carbonyl (C=O) groups excluding carboxylic acids is 1. The Morgan fingerprint density at radius 1 is 1.22 bits per heavy atom. The fourth-order valence-electron chi connectivity index (χ4n) is 1.62. The molecule has 2 aromatic carbocycles. The first kappa shape index (κ1) is 12.0. The minimum atomic E-state index is -0.303. The van der Waals surface area contributed by atoms with Gasteiger partial charge in [0, 0.05) is 11.3 Å². The van der Waals surface area contributed by atoms with Gasteiger partial charge in [-0.15, -0.1) is 0 Å². The lowest BCUT2D eigenvalue weighted by Crippen LogP contribution is -2.12. The molecule has 0 aliphatic carbocycles. The number of phenols is 1. The van der Waals surface area contributed by atoms with Gasteiger partial charge >= 0.3 is 0 Å². The molecule has 0 radical (unpaired) electrons. The average molecular weight is 242 g/mol. The molecule has 4 N–H and O–H groups in total. The fraction of sp³-hybridized carbons (Fsp3) is 0.0714. The summed E-state index contributed by atoms with van der Waals surface area (Å²) in [4.78, 5) is 12.0. The molecule has 0 unspecified atom stereocenters. The van der Waals surface area contributed by atoms with Gasteiger partial charge in [-0.1, -0.05) is 12.1 Å². The largest absolute Gasteiger partial charge is 0.506 e. The van der Waals surface area contributed by atoms with Crippen LogP contribution in [0.4, 0.5) is 11.4 Å². The number of hydrogen-bond donors (Lipinski definition) is 3. The number of hydrogen-bond acceptors (Lipinski definition) is 3. The first-order chi connectivity index (χ1) is 8.56. The zero-order valence-electron chi connectivity index (χ0n) is 9.97. The highest BCUT2D eigenvalue weighted by molar-refractivity contribution is 6.05. The van der Waals surface area contributed by atoms with Gasteiger partial charge in [-0.3, -0.25) is 4.79 Å². The minimum absolute atomic E-state index is 0.0397. The molecular formula is C14H14N2O2. The van der Waals surface area contributed by atoms with Crippen LogP contribution < -0.4 is 11.1 Å². The van der Waals surface area contributed by atoms with Crippen molar-refractivity contribution in [3.63, 3.8) is 0 Å². The van der Waals surface area contributed by atoms with Crippen LogP contribution in [0.2, 0.25) is 0 Å². The van der Waals surface area contributed by atoms with Crippen molar-refractivity contribution in [1.82, 2.24) is 0 Å². The summed E-state index contributed by atoms with van der Waals surface area (Å²) in [5, 5.41) is 12.3. The third-order valence-corrected chi connectivity index (χ3v) is 2.55. The summed E-state index contributed by atoms with van der Waals surface area (Å²) in [5.74, 6) is -0.263. The van der Waals surface area contributed by atoms with Crippen LogP contribution in [-0.4, -0.2) is 11.0 Å². The zero-order valence-corrected chi connectivity index (χ0v) is 9.97. The van der Waals surface area contributed by atoms with Gasteiger partial charge in [0.05, 0.1) is 5.69 Å². The number of amides is 1. The maximum Gasteiger partial charge on any atom is 0.255 e. The van der Waals surface area contributed by atoms with Gasteiger partial charge in [-0.25, -0.2) is 0 Å². The Labute approximate surface area is 105 Å². The predicted octanol–water partition coefficient (Wildman–Crippen LogP) is 2.54. The summed E-state index contributed by atoms with van der Waals surface area (Å²) in [7, 11) is 0. The Morgan fingerprint density at radius 3 is 2.72 bits per heavy atom. The summed E-state index contributed by atoms with van der Waals surface area (Å²) in [5.41, 5.74) is 7.94. The molecule has 2 aromatic rings. The van der Waals surface area contributed by atoms with E-state index in [4.69, 9.17) is 5.73 Å². The number of aromatic hydroxyl groups is 1. The summed E-state index contributed by atoms with van der Waals surface area (Å²) >= 11 is 0. The third kappa shape index (κ3) is 2.60. The van der Waals surface area contributed by atoms with Crippen LogP contribution >= 0.6 is 0 Å². The molecule has 2 rings (SSSR count). The Morgan fingerprint density at radius 2 is 2.00 bits per heavy atom. The molecule has 0 aromatic heterocycles. The van der Waals surface area contributed by atoms with E-state index >= 15 is 0 Å². The maximum atomic E-state index is 12.0. The highest BCUT2D eigenvalue weighted by atomic mass is 16.3. The van der Waals surface area contributed by atoms with Crippen molar-refractivity contribution in [3.8, 4) is 5.75 Å². The fourth-order valence-corrected chi connectivity index (χ4v) is 1.62. The van der Waals surface area contributed by atoms with Crippen molar-refractivity contribution in [2.75, 3.05) is 11.1 Å². The molecule has 0 heterocycles. The van der Waals surface area contributed by atoms with Crippen molar-refractivity contribution in [2.24, 2.45) is 0 Å². The monoisotopic (exact) mass is 242 g/mol. The predicted molar refractivity (Wildman–Crippen MR) is 71.7 cm³/mol. The van der Waals surface area contributed by atoms with Crippen molar-refractivity contribution in [3.05, 3.63) is 53.6 Å². The minimum Gasteiger partial charge on any atom is -0.506 e. The zero-order chi connectivity index (χ0) is 13.1. The van der Waals surface area contributed by atoms with E-state index in [-0.39, 0.29) is 11.7 Å². The first-order valence-electron chi connectivity index (χ1n) is 5.53. The van der Waals surface area contributed by atoms with Crippen molar-refractivity contribution >= 4 is 17.3 Å². The summed E-state index contributed by atoms with van der Waals surface area (Å²) in [6.45, 7) is 1.88. The molecule has 0 spiro atoms. The SMILES string of the molecule is Cc1ccc(O)c(NC(=O)c2cccc(N)c2)c1. The van der Waals surface area contributed by atoms with Crippen LogP contribution in [0.3, 0.4) is 0 Å². The first-order valence-corrected chi connectivity index (χ1v) is 5.53. The molecule has 0 atom stereocenters. The van der Waals surface area contributed by atoms with Gasteiger partial charge in [-0.2, -0.15) is 0 Å². The Kier molecular flexibility index (Phi) is 3.19. The standard InChI is InChI=1S/C14H14N2O2/c1-9-5-6-13(17)12(7-9)16-14(18)10-3-2-4-11(15)8-10/h2-8,17H,15H2,1H3,(H,16,18). The number of carbonyl (C=O) groups is 1. The van der Waals surface area contributed by atoms with Crippen LogP contribution in [0.5, 0.6) is 5.75 Å². The summed E-state index contributed by atoms with van der Waals surface area (Å²) < 4.78 is 0. The van der Waals surface area contributed by atoms with E-state index in [1.807, 2.05) is 6.92 Å². The third-order valence-electron chi connectivity index (χ3n) is 2.55. The second-order valence-corrected chi connectivity index (χ2v) is 4.10. The van der Waals surface area contributed by atoms with Crippen LogP contribution in [0.25, 0.3) is 0 Å². The van der Waals surface area contributed by atoms with Crippen molar-refractivity contribution < 1.29 is 9.90 Å². The number of aryl methyl sites for hydroxylation is 1. The topological polar surface area (TPSA) is 75.3 Å². The number of anilines is 2. The molecule has 0 aliphatic heterocycles. The normalized spacial score (nSPS) is 10.1. The molecule has 0 saturated carbocycles. The second kappa shape index (κ2) is 4.79. The molecule has 18 heavy (non-hydrogen) atoms. The number of nitrogens with two attached hydrogens (primary N) is 1. The molecule has 4 heteroatoms. The Hall–Kier alpha value is -2.49. The lowest BCUT2D eigenvalue weighted by Gasteiger charge is -2.08. The smallest absolute Gasteiger partial charge is 0.255 e. The van der Waals surface area contributed by atoms with Crippen LogP contribution in [-0.2, 0) is 0 Å². The number of nitrogen functional groups attached to an aromatic ring is 1. The molecule has 0 aliphatic rings. The molecule has 0 bridgehead atoms. The quantitative estimate of drug-likeness (QED) is 0.559. The van der Waals surface area contributed by atoms with E-state index in [1.165, 1.54) is 0 Å². The van der Waals surface area contributed by atoms with Gasteiger partial charge in [0.2, 0.25) is 0 Å². The van der Waals surface area contributed by atoms with E-state index in [9.17, 15) is 9.90 Å². The van der Waals surface area contributed by atoms with Gasteiger partial charge in [0.1, 0.15) is 5.75 Å². The van der Waals surface area contributed by atoms with Gasteiger partial charge in [0.15, 0.2) is 0 Å². The van der Waals surface area contributed by atoms with E-state index in [1.54, 1.807) is 42.5 Å². The Balaban J connectivity index is 2.24. The van der Waals surface area contributed by atoms with Crippen LogP contribution in [0, 0.1) is 6.92 Å². The van der Waals surface area contributed by atoms with E-state index in [0.717, 1.165) is 5.56 Å². The number of phenolic OH excluding ortho intramolecular Hbond substituents is 1. The Bertz CT molecular complexity index is 594. The lowest BCUT2D eigenvalue weighted by molar-refractivity contribution is 0.102. The highest BCUT2D eigenvalue weighted by Crippen LogP contribution is 2.24.